The molecule has 0 fully saturated rings. The van der Waals surface area contributed by atoms with Gasteiger partial charge in [0, 0.05) is 6.07 Å². The zero-order valence-electron chi connectivity index (χ0n) is 11.4. The Morgan fingerprint density at radius 3 is 2.10 bits per heavy atom. The van der Waals surface area contributed by atoms with Gasteiger partial charge in [-0.2, -0.15) is 0 Å². The smallest absolute Gasteiger partial charge is 0.314 e. The van der Waals surface area contributed by atoms with Crippen LogP contribution in [0, 0.1) is 0 Å². The van der Waals surface area contributed by atoms with Crippen molar-refractivity contribution in [3.05, 3.63) is 53.6 Å². The average Bonchev–Trinajstić information content (AvgIpc) is 2.42. The zero-order valence-corrected chi connectivity index (χ0v) is 11.4. The second kappa shape index (κ2) is 5.36. The van der Waals surface area contributed by atoms with Crippen molar-refractivity contribution in [3.8, 4) is 17.2 Å². The molecule has 4 N–H and O–H groups in total. The lowest BCUT2D eigenvalue weighted by Crippen LogP contribution is -2.34. The minimum Gasteiger partial charge on any atom is -0.508 e. The first-order chi connectivity index (χ1) is 9.83. The topological polar surface area (TPSA) is 98.0 Å². The van der Waals surface area contributed by atoms with E-state index in [-0.39, 0.29) is 23.7 Å². The van der Waals surface area contributed by atoms with E-state index in [1.807, 2.05) is 0 Å². The van der Waals surface area contributed by atoms with Gasteiger partial charge in [-0.1, -0.05) is 18.2 Å². The van der Waals surface area contributed by atoms with Gasteiger partial charge in [-0.05, 0) is 42.7 Å². The molecule has 0 aliphatic rings. The molecular formula is C16H16O5. The minimum absolute atomic E-state index is 0.0546. The lowest BCUT2D eigenvalue weighted by Gasteiger charge is -2.26. The molecule has 2 rings (SSSR count). The maximum absolute atomic E-state index is 11.7. The molecule has 5 heteroatoms. The summed E-state index contributed by atoms with van der Waals surface area (Å²) in [6.45, 7) is 1.55. The standard InChI is InChI=1S/C16H16O5/c1-16(15(20)21,11-3-6-12(17)7-4-11)9-10-2-5-13(18)8-14(10)19/h2-8,17-19H,9H2,1H3,(H,20,21). The normalized spacial score (nSPS) is 13.6. The number of carboxylic acid groups (broad SMARTS) is 1. The molecule has 21 heavy (non-hydrogen) atoms. The molecule has 5 nitrogen and oxygen atoms in total. The van der Waals surface area contributed by atoms with E-state index < -0.39 is 11.4 Å². The van der Waals surface area contributed by atoms with E-state index >= 15 is 0 Å². The van der Waals surface area contributed by atoms with Crippen LogP contribution in [0.4, 0.5) is 0 Å². The highest BCUT2D eigenvalue weighted by Gasteiger charge is 2.36. The molecule has 0 aliphatic heterocycles. The van der Waals surface area contributed by atoms with Gasteiger partial charge in [0.15, 0.2) is 0 Å². The van der Waals surface area contributed by atoms with Crippen molar-refractivity contribution in [1.29, 1.82) is 0 Å². The number of carboxylic acids is 1. The fourth-order valence-electron chi connectivity index (χ4n) is 2.21. The van der Waals surface area contributed by atoms with Crippen LogP contribution in [0.3, 0.4) is 0 Å². The van der Waals surface area contributed by atoms with Gasteiger partial charge in [-0.3, -0.25) is 4.79 Å². The largest absolute Gasteiger partial charge is 0.508 e. The van der Waals surface area contributed by atoms with Crippen molar-refractivity contribution in [2.24, 2.45) is 0 Å². The molecule has 0 amide bonds. The molecule has 2 aromatic carbocycles. The fourth-order valence-corrected chi connectivity index (χ4v) is 2.21. The van der Waals surface area contributed by atoms with E-state index in [1.54, 1.807) is 19.1 Å². The molecule has 0 heterocycles. The van der Waals surface area contributed by atoms with Gasteiger partial charge in [-0.25, -0.2) is 0 Å². The van der Waals surface area contributed by atoms with E-state index in [0.29, 0.717) is 11.1 Å². The Morgan fingerprint density at radius 1 is 1.00 bits per heavy atom. The third-order valence-corrected chi connectivity index (χ3v) is 3.59. The van der Waals surface area contributed by atoms with E-state index in [2.05, 4.69) is 0 Å². The molecule has 1 atom stereocenters. The highest BCUT2D eigenvalue weighted by Crippen LogP contribution is 2.33. The number of hydrogen-bond acceptors (Lipinski definition) is 4. The Morgan fingerprint density at radius 2 is 1.57 bits per heavy atom. The van der Waals surface area contributed by atoms with E-state index in [9.17, 15) is 25.2 Å². The molecule has 0 aromatic heterocycles. The van der Waals surface area contributed by atoms with Gasteiger partial charge in [0.05, 0.1) is 5.41 Å². The first-order valence-electron chi connectivity index (χ1n) is 6.37. The van der Waals surface area contributed by atoms with Crippen molar-refractivity contribution in [2.45, 2.75) is 18.8 Å². The number of phenols is 3. The van der Waals surface area contributed by atoms with Gasteiger partial charge in [0.2, 0.25) is 0 Å². The lowest BCUT2D eigenvalue weighted by atomic mass is 9.77. The van der Waals surface area contributed by atoms with Gasteiger partial charge in [-0.15, -0.1) is 0 Å². The van der Waals surface area contributed by atoms with Crippen LogP contribution in [0.15, 0.2) is 42.5 Å². The Balaban J connectivity index is 2.43. The summed E-state index contributed by atoms with van der Waals surface area (Å²) in [5.74, 6) is -1.22. The summed E-state index contributed by atoms with van der Waals surface area (Å²) in [7, 11) is 0. The predicted molar refractivity (Wildman–Crippen MR) is 76.6 cm³/mol. The van der Waals surface area contributed by atoms with Crippen molar-refractivity contribution in [1.82, 2.24) is 0 Å². The molecule has 110 valence electrons. The summed E-state index contributed by atoms with van der Waals surface area (Å²) in [5, 5.41) is 38.0. The van der Waals surface area contributed by atoms with Gasteiger partial charge >= 0.3 is 5.97 Å². The predicted octanol–water partition coefficient (Wildman–Crippen LogP) is 2.39. The van der Waals surface area contributed by atoms with Crippen LogP contribution < -0.4 is 0 Å². The van der Waals surface area contributed by atoms with E-state index in [1.165, 1.54) is 30.3 Å². The van der Waals surface area contributed by atoms with Gasteiger partial charge in [0.1, 0.15) is 17.2 Å². The van der Waals surface area contributed by atoms with Crippen molar-refractivity contribution in [2.75, 3.05) is 0 Å². The molecule has 1 unspecified atom stereocenters. The molecule has 0 aliphatic carbocycles. The molecule has 0 bridgehead atoms. The van der Waals surface area contributed by atoms with Crippen LogP contribution >= 0.6 is 0 Å². The second-order valence-corrected chi connectivity index (χ2v) is 5.17. The SMILES string of the molecule is CC(Cc1ccc(O)cc1O)(C(=O)O)c1ccc(O)cc1. The van der Waals surface area contributed by atoms with Gasteiger partial charge < -0.3 is 20.4 Å². The van der Waals surface area contributed by atoms with E-state index in [4.69, 9.17) is 0 Å². The summed E-state index contributed by atoms with van der Waals surface area (Å²) < 4.78 is 0. The lowest BCUT2D eigenvalue weighted by molar-refractivity contribution is -0.143. The number of rotatable bonds is 4. The van der Waals surface area contributed by atoms with Crippen molar-refractivity contribution >= 4 is 5.97 Å². The van der Waals surface area contributed by atoms with Gasteiger partial charge in [0.25, 0.3) is 0 Å². The van der Waals surface area contributed by atoms with Crippen molar-refractivity contribution in [3.63, 3.8) is 0 Å². The highest BCUT2D eigenvalue weighted by atomic mass is 16.4. The number of benzene rings is 2. The summed E-state index contributed by atoms with van der Waals surface area (Å²) in [4.78, 5) is 11.7. The minimum atomic E-state index is -1.26. The third kappa shape index (κ3) is 2.91. The monoisotopic (exact) mass is 288 g/mol. The molecule has 0 radical (unpaired) electrons. The summed E-state index contributed by atoms with van der Waals surface area (Å²) in [5.41, 5.74) is -0.326. The Hall–Kier alpha value is -2.69. The maximum atomic E-state index is 11.7. The first-order valence-corrected chi connectivity index (χ1v) is 6.37. The molecule has 0 saturated carbocycles. The maximum Gasteiger partial charge on any atom is 0.314 e. The van der Waals surface area contributed by atoms with Crippen molar-refractivity contribution < 1.29 is 25.2 Å². The fraction of sp³-hybridized carbons (Fsp3) is 0.188. The molecule has 0 saturated heterocycles. The second-order valence-electron chi connectivity index (χ2n) is 5.17. The number of aromatic hydroxyl groups is 3. The number of carbonyl (C=O) groups is 1. The Labute approximate surface area is 121 Å². The summed E-state index contributed by atoms with van der Waals surface area (Å²) >= 11 is 0. The number of aliphatic carboxylic acids is 1. The number of phenolic OH excluding ortho intramolecular Hbond substituents is 3. The Kier molecular flexibility index (Phi) is 3.76. The third-order valence-electron chi connectivity index (χ3n) is 3.59. The molecular weight excluding hydrogens is 272 g/mol. The van der Waals surface area contributed by atoms with Crippen LogP contribution in [0.25, 0.3) is 0 Å². The molecule has 2 aromatic rings. The first kappa shape index (κ1) is 14.7. The highest BCUT2D eigenvalue weighted by molar-refractivity contribution is 5.81. The van der Waals surface area contributed by atoms with Crippen LogP contribution in [-0.2, 0) is 16.6 Å². The van der Waals surface area contributed by atoms with Crippen LogP contribution in [0.2, 0.25) is 0 Å². The van der Waals surface area contributed by atoms with Crippen LogP contribution in [0.1, 0.15) is 18.1 Å². The van der Waals surface area contributed by atoms with E-state index in [0.717, 1.165) is 0 Å². The summed E-state index contributed by atoms with van der Waals surface area (Å²) in [6.07, 6.45) is 0.0548. The van der Waals surface area contributed by atoms with Crippen LogP contribution in [0.5, 0.6) is 17.2 Å². The van der Waals surface area contributed by atoms with Crippen LogP contribution in [-0.4, -0.2) is 26.4 Å². The quantitative estimate of drug-likeness (QED) is 0.692. The average molecular weight is 288 g/mol. The zero-order chi connectivity index (χ0) is 15.6. The Bertz CT molecular complexity index is 663. The summed E-state index contributed by atoms with van der Waals surface area (Å²) in [6, 6.07) is 10.00. The molecule has 0 spiro atoms. The number of hydrogen-bond donors (Lipinski definition) is 4.